The number of alkyl halides is 2. The number of benzene rings is 2. The fraction of sp³-hybridized carbons (Fsp3) is 0.235. The number of hydrogen-bond donors (Lipinski definition) is 1. The standard InChI is InChI=1S/C17H17F2NO3S/c18-17(19,15-9-5-2-6-10-15)16(21)20-11-12-24(22,23)13-14-7-3-1-4-8-14/h1-10H,11-13H2,(H,20,21). The highest BCUT2D eigenvalue weighted by atomic mass is 32.2. The first-order valence-corrected chi connectivity index (χ1v) is 9.09. The Morgan fingerprint density at radius 2 is 1.50 bits per heavy atom. The molecular weight excluding hydrogens is 336 g/mol. The quantitative estimate of drug-likeness (QED) is 0.832. The van der Waals surface area contributed by atoms with E-state index in [-0.39, 0.29) is 12.3 Å². The second kappa shape index (κ2) is 7.53. The van der Waals surface area contributed by atoms with Crippen LogP contribution < -0.4 is 5.32 Å². The van der Waals surface area contributed by atoms with Gasteiger partial charge in [0.25, 0.3) is 5.91 Å². The molecule has 1 amide bonds. The van der Waals surface area contributed by atoms with Crippen LogP contribution in [0.4, 0.5) is 8.78 Å². The summed E-state index contributed by atoms with van der Waals surface area (Å²) < 4.78 is 51.8. The van der Waals surface area contributed by atoms with Crippen LogP contribution in [0.5, 0.6) is 0 Å². The van der Waals surface area contributed by atoms with Crippen LogP contribution in [0.2, 0.25) is 0 Å². The molecule has 128 valence electrons. The molecule has 0 unspecified atom stereocenters. The highest BCUT2D eigenvalue weighted by molar-refractivity contribution is 7.90. The predicted octanol–water partition coefficient (Wildman–Crippen LogP) is 2.51. The molecule has 4 nitrogen and oxygen atoms in total. The van der Waals surface area contributed by atoms with Crippen molar-refractivity contribution in [2.75, 3.05) is 12.3 Å². The first kappa shape index (κ1) is 18.1. The average Bonchev–Trinajstić information content (AvgIpc) is 2.56. The molecule has 7 heteroatoms. The number of halogens is 2. The van der Waals surface area contributed by atoms with Crippen molar-refractivity contribution in [1.82, 2.24) is 5.32 Å². The maximum Gasteiger partial charge on any atom is 0.349 e. The van der Waals surface area contributed by atoms with Gasteiger partial charge in [0.2, 0.25) is 0 Å². The normalized spacial score (nSPS) is 11.9. The Bertz CT molecular complexity index is 778. The van der Waals surface area contributed by atoms with Gasteiger partial charge in [-0.15, -0.1) is 0 Å². The van der Waals surface area contributed by atoms with E-state index in [1.54, 1.807) is 36.4 Å². The lowest BCUT2D eigenvalue weighted by atomic mass is 10.1. The largest absolute Gasteiger partial charge is 0.350 e. The molecular formula is C17H17F2NO3S. The molecule has 0 aromatic heterocycles. The van der Waals surface area contributed by atoms with Crippen molar-refractivity contribution in [3.8, 4) is 0 Å². The van der Waals surface area contributed by atoms with Gasteiger partial charge in [-0.2, -0.15) is 8.78 Å². The zero-order valence-corrected chi connectivity index (χ0v) is 13.6. The molecule has 0 saturated carbocycles. The minimum Gasteiger partial charge on any atom is -0.350 e. The Hall–Kier alpha value is -2.28. The molecule has 2 aromatic rings. The number of carbonyl (C=O) groups excluding carboxylic acids is 1. The molecule has 0 aliphatic rings. The third-order valence-electron chi connectivity index (χ3n) is 3.35. The van der Waals surface area contributed by atoms with Gasteiger partial charge in [0.05, 0.1) is 11.5 Å². The predicted molar refractivity (Wildman–Crippen MR) is 87.3 cm³/mol. The van der Waals surface area contributed by atoms with E-state index in [1.807, 2.05) is 5.32 Å². The van der Waals surface area contributed by atoms with Crippen molar-refractivity contribution in [2.45, 2.75) is 11.7 Å². The summed E-state index contributed by atoms with van der Waals surface area (Å²) in [6.07, 6.45) is 0. The molecule has 0 atom stereocenters. The number of nitrogens with one attached hydrogen (secondary N) is 1. The summed E-state index contributed by atoms with van der Waals surface area (Å²) in [4.78, 5) is 11.7. The lowest BCUT2D eigenvalue weighted by Gasteiger charge is -2.16. The van der Waals surface area contributed by atoms with E-state index in [0.29, 0.717) is 5.56 Å². The van der Waals surface area contributed by atoms with Crippen LogP contribution in [-0.2, 0) is 26.3 Å². The Morgan fingerprint density at radius 1 is 0.958 bits per heavy atom. The summed E-state index contributed by atoms with van der Waals surface area (Å²) in [5.74, 6) is -5.81. The maximum atomic E-state index is 14.0. The molecule has 0 aliphatic heterocycles. The second-order valence-corrected chi connectivity index (χ2v) is 7.46. The summed E-state index contributed by atoms with van der Waals surface area (Å²) in [6, 6.07) is 15.2. The Balaban J connectivity index is 1.90. The van der Waals surface area contributed by atoms with Gasteiger partial charge in [0, 0.05) is 12.1 Å². The fourth-order valence-electron chi connectivity index (χ4n) is 2.11. The van der Waals surface area contributed by atoms with Gasteiger partial charge >= 0.3 is 5.92 Å². The van der Waals surface area contributed by atoms with E-state index >= 15 is 0 Å². The Labute approximate surface area is 139 Å². The van der Waals surface area contributed by atoms with Crippen molar-refractivity contribution in [3.05, 3.63) is 71.8 Å². The van der Waals surface area contributed by atoms with Crippen molar-refractivity contribution < 1.29 is 22.0 Å². The van der Waals surface area contributed by atoms with Gasteiger partial charge in [-0.25, -0.2) is 8.42 Å². The first-order valence-electron chi connectivity index (χ1n) is 7.27. The zero-order valence-electron chi connectivity index (χ0n) is 12.8. The van der Waals surface area contributed by atoms with Crippen LogP contribution in [-0.4, -0.2) is 26.6 Å². The van der Waals surface area contributed by atoms with Crippen LogP contribution in [0.15, 0.2) is 60.7 Å². The van der Waals surface area contributed by atoms with Crippen molar-refractivity contribution in [1.29, 1.82) is 0 Å². The molecule has 0 fully saturated rings. The maximum absolute atomic E-state index is 14.0. The molecule has 2 aromatic carbocycles. The van der Waals surface area contributed by atoms with Gasteiger partial charge in [-0.3, -0.25) is 4.79 Å². The van der Waals surface area contributed by atoms with E-state index in [1.165, 1.54) is 12.1 Å². The summed E-state index contributed by atoms with van der Waals surface area (Å²) >= 11 is 0. The third-order valence-corrected chi connectivity index (χ3v) is 4.95. The van der Waals surface area contributed by atoms with Crippen LogP contribution in [0, 0.1) is 0 Å². The lowest BCUT2D eigenvalue weighted by Crippen LogP contribution is -2.40. The van der Waals surface area contributed by atoms with E-state index < -0.39 is 33.0 Å². The Kier molecular flexibility index (Phi) is 5.66. The monoisotopic (exact) mass is 353 g/mol. The molecule has 24 heavy (non-hydrogen) atoms. The van der Waals surface area contributed by atoms with Gasteiger partial charge in [0.1, 0.15) is 0 Å². The fourth-order valence-corrected chi connectivity index (χ4v) is 3.37. The van der Waals surface area contributed by atoms with E-state index in [2.05, 4.69) is 0 Å². The molecule has 0 spiro atoms. The van der Waals surface area contributed by atoms with Crippen LogP contribution in [0.3, 0.4) is 0 Å². The first-order chi connectivity index (χ1) is 11.3. The summed E-state index contributed by atoms with van der Waals surface area (Å²) in [5.41, 5.74) is 0.174. The zero-order chi connectivity index (χ0) is 17.6. The van der Waals surface area contributed by atoms with E-state index in [4.69, 9.17) is 0 Å². The molecule has 0 heterocycles. The topological polar surface area (TPSA) is 63.2 Å². The van der Waals surface area contributed by atoms with Crippen molar-refractivity contribution in [3.63, 3.8) is 0 Å². The van der Waals surface area contributed by atoms with Crippen molar-refractivity contribution in [2.24, 2.45) is 0 Å². The SMILES string of the molecule is O=C(NCCS(=O)(=O)Cc1ccccc1)C(F)(F)c1ccccc1. The van der Waals surface area contributed by atoms with Crippen molar-refractivity contribution >= 4 is 15.7 Å². The second-order valence-electron chi connectivity index (χ2n) is 5.27. The minimum atomic E-state index is -3.70. The van der Waals surface area contributed by atoms with Crippen LogP contribution in [0.25, 0.3) is 0 Å². The van der Waals surface area contributed by atoms with Gasteiger partial charge in [-0.1, -0.05) is 60.7 Å². The number of sulfone groups is 1. The molecule has 2 rings (SSSR count). The lowest BCUT2D eigenvalue weighted by molar-refractivity contribution is -0.146. The smallest absolute Gasteiger partial charge is 0.349 e. The third kappa shape index (κ3) is 4.86. The number of hydrogen-bond acceptors (Lipinski definition) is 3. The number of amides is 1. The molecule has 1 N–H and O–H groups in total. The summed E-state index contributed by atoms with van der Waals surface area (Å²) in [6.45, 7) is -0.365. The highest BCUT2D eigenvalue weighted by Crippen LogP contribution is 2.27. The minimum absolute atomic E-state index is 0.196. The number of carbonyl (C=O) groups is 1. The average molecular weight is 353 g/mol. The highest BCUT2D eigenvalue weighted by Gasteiger charge is 2.40. The summed E-state index contributed by atoms with van der Waals surface area (Å²) in [7, 11) is -3.50. The van der Waals surface area contributed by atoms with Crippen LogP contribution >= 0.6 is 0 Å². The number of rotatable bonds is 7. The van der Waals surface area contributed by atoms with Gasteiger partial charge < -0.3 is 5.32 Å². The van der Waals surface area contributed by atoms with E-state index in [0.717, 1.165) is 12.1 Å². The van der Waals surface area contributed by atoms with Gasteiger partial charge in [0.15, 0.2) is 9.84 Å². The van der Waals surface area contributed by atoms with Gasteiger partial charge in [-0.05, 0) is 5.56 Å². The summed E-state index contributed by atoms with van der Waals surface area (Å²) in [5, 5.41) is 2.00. The van der Waals surface area contributed by atoms with Crippen LogP contribution in [0.1, 0.15) is 11.1 Å². The van der Waals surface area contributed by atoms with E-state index in [9.17, 15) is 22.0 Å². The molecule has 0 bridgehead atoms. The Morgan fingerprint density at radius 3 is 2.08 bits per heavy atom. The molecule has 0 radical (unpaired) electrons. The molecule has 0 aliphatic carbocycles. The molecule has 0 saturated heterocycles.